The number of ether oxygens (including phenoxy) is 3. The number of aryl methyl sites for hydroxylation is 1. The summed E-state index contributed by atoms with van der Waals surface area (Å²) in [6.45, 7) is 12.8. The number of aromatic nitrogens is 2. The quantitative estimate of drug-likeness (QED) is 0.127. The molecule has 4 rings (SSSR count). The summed E-state index contributed by atoms with van der Waals surface area (Å²) in [4.78, 5) is 18.7. The number of fused-ring (bicyclic) bond motifs is 1. The highest BCUT2D eigenvalue weighted by atomic mass is 79.9. The minimum absolute atomic E-state index is 0.202. The first kappa shape index (κ1) is 29.6. The Kier molecular flexibility index (Phi) is 9.48. The smallest absolute Gasteiger partial charge is 0.282 e. The van der Waals surface area contributed by atoms with Gasteiger partial charge in [0.2, 0.25) is 0 Å². The molecule has 208 valence electrons. The first-order chi connectivity index (χ1) is 19.2. The number of nitrogens with zero attached hydrogens (tertiary/aromatic N) is 3. The predicted octanol–water partition coefficient (Wildman–Crippen LogP) is 7.87. The summed E-state index contributed by atoms with van der Waals surface area (Å²) < 4.78 is 20.0. The van der Waals surface area contributed by atoms with E-state index in [0.717, 1.165) is 22.4 Å². The molecule has 0 aliphatic heterocycles. The molecule has 0 saturated carbocycles. The van der Waals surface area contributed by atoms with Gasteiger partial charge in [0, 0.05) is 15.6 Å². The van der Waals surface area contributed by atoms with Crippen LogP contribution >= 0.6 is 31.9 Å². The number of methoxy groups -OCH3 is 1. The van der Waals surface area contributed by atoms with Gasteiger partial charge in [-0.3, -0.25) is 4.79 Å². The van der Waals surface area contributed by atoms with Crippen molar-refractivity contribution in [2.24, 2.45) is 5.10 Å². The van der Waals surface area contributed by atoms with Crippen LogP contribution in [0.15, 0.2) is 74.0 Å². The molecule has 9 heteroatoms. The summed E-state index contributed by atoms with van der Waals surface area (Å²) in [7, 11) is 1.56. The Bertz CT molecular complexity index is 1660. The Morgan fingerprint density at radius 3 is 2.52 bits per heavy atom. The second-order valence-corrected chi connectivity index (χ2v) is 10.9. The van der Waals surface area contributed by atoms with Crippen molar-refractivity contribution in [1.82, 2.24) is 9.66 Å². The predicted molar refractivity (Wildman–Crippen MR) is 169 cm³/mol. The number of hydrogen-bond acceptors (Lipinski definition) is 6. The summed E-state index contributed by atoms with van der Waals surface area (Å²) in [6.07, 6.45) is 3.26. The molecule has 0 aliphatic carbocycles. The molecule has 0 saturated heterocycles. The Hall–Kier alpha value is -3.43. The van der Waals surface area contributed by atoms with E-state index >= 15 is 0 Å². The molecule has 0 spiro atoms. The van der Waals surface area contributed by atoms with Crippen molar-refractivity contribution >= 4 is 49.0 Å². The standard InChI is InChI=1S/C31H31Br2N3O4/c1-7-13-40-29-26(38-6)15-20(27(32)28(29)33)17-34-36-30(35-24-12-10-9-11-21(24)31(36)37)23-16-22(18(3)4)25(39-8-2)14-19(23)5/h7,9-12,14-18H,1,8,13H2,2-6H3. The fraction of sp³-hybridized carbons (Fsp3) is 0.258. The fourth-order valence-electron chi connectivity index (χ4n) is 4.32. The molecule has 1 heterocycles. The van der Waals surface area contributed by atoms with Gasteiger partial charge in [0.1, 0.15) is 12.4 Å². The van der Waals surface area contributed by atoms with E-state index in [1.807, 2.05) is 38.1 Å². The molecule has 0 amide bonds. The van der Waals surface area contributed by atoms with Crippen molar-refractivity contribution < 1.29 is 14.2 Å². The van der Waals surface area contributed by atoms with Gasteiger partial charge in [-0.1, -0.05) is 38.6 Å². The molecule has 3 aromatic carbocycles. The monoisotopic (exact) mass is 667 g/mol. The Labute approximate surface area is 250 Å². The van der Waals surface area contributed by atoms with E-state index in [1.165, 1.54) is 4.68 Å². The average molecular weight is 669 g/mol. The van der Waals surface area contributed by atoms with Gasteiger partial charge < -0.3 is 14.2 Å². The summed E-state index contributed by atoms with van der Waals surface area (Å²) in [6, 6.07) is 13.1. The highest BCUT2D eigenvalue weighted by Crippen LogP contribution is 2.42. The summed E-state index contributed by atoms with van der Waals surface area (Å²) in [5, 5.41) is 5.14. The molecule has 0 unspecified atom stereocenters. The number of halogens is 2. The molecule has 4 aromatic rings. The van der Waals surface area contributed by atoms with Crippen molar-refractivity contribution in [3.63, 3.8) is 0 Å². The van der Waals surface area contributed by atoms with E-state index in [0.29, 0.717) is 55.9 Å². The highest BCUT2D eigenvalue weighted by molar-refractivity contribution is 9.13. The third-order valence-electron chi connectivity index (χ3n) is 6.31. The van der Waals surface area contributed by atoms with Gasteiger partial charge in [0.15, 0.2) is 17.3 Å². The second-order valence-electron chi connectivity index (χ2n) is 9.33. The molecular weight excluding hydrogens is 638 g/mol. The molecule has 0 atom stereocenters. The number of hydrogen-bond donors (Lipinski definition) is 0. The van der Waals surface area contributed by atoms with Gasteiger partial charge >= 0.3 is 0 Å². The van der Waals surface area contributed by atoms with Crippen LogP contribution in [-0.2, 0) is 0 Å². The molecule has 40 heavy (non-hydrogen) atoms. The maximum absolute atomic E-state index is 13.8. The van der Waals surface area contributed by atoms with Gasteiger partial charge in [0.25, 0.3) is 5.56 Å². The molecule has 7 nitrogen and oxygen atoms in total. The van der Waals surface area contributed by atoms with E-state index in [1.54, 1.807) is 31.5 Å². The minimum atomic E-state index is -0.274. The van der Waals surface area contributed by atoms with E-state index in [-0.39, 0.29) is 11.5 Å². The highest BCUT2D eigenvalue weighted by Gasteiger charge is 2.20. The fourth-order valence-corrected chi connectivity index (χ4v) is 5.26. The van der Waals surface area contributed by atoms with Crippen LogP contribution in [0.2, 0.25) is 0 Å². The van der Waals surface area contributed by atoms with E-state index < -0.39 is 0 Å². The first-order valence-corrected chi connectivity index (χ1v) is 14.4. The Balaban J connectivity index is 1.95. The van der Waals surface area contributed by atoms with Crippen LogP contribution in [0, 0.1) is 6.92 Å². The zero-order valence-electron chi connectivity index (χ0n) is 23.1. The van der Waals surface area contributed by atoms with E-state index in [9.17, 15) is 4.79 Å². The molecule has 1 aromatic heterocycles. The van der Waals surface area contributed by atoms with Crippen molar-refractivity contribution in [3.8, 4) is 28.6 Å². The maximum atomic E-state index is 13.8. The number of rotatable bonds is 10. The van der Waals surface area contributed by atoms with Crippen molar-refractivity contribution in [3.05, 3.63) is 91.1 Å². The number of para-hydroxylation sites is 1. The lowest BCUT2D eigenvalue weighted by Crippen LogP contribution is -2.21. The molecule has 0 radical (unpaired) electrons. The van der Waals surface area contributed by atoms with Gasteiger partial charge in [-0.15, -0.1) is 0 Å². The van der Waals surface area contributed by atoms with E-state index in [4.69, 9.17) is 19.2 Å². The van der Waals surface area contributed by atoms with E-state index in [2.05, 4.69) is 63.5 Å². The molecule has 0 bridgehead atoms. The first-order valence-electron chi connectivity index (χ1n) is 12.8. The molecule has 0 N–H and O–H groups in total. The second kappa shape index (κ2) is 12.8. The van der Waals surface area contributed by atoms with Crippen LogP contribution in [0.1, 0.15) is 43.4 Å². The molecular formula is C31H31Br2N3O4. The van der Waals surface area contributed by atoms with Crippen LogP contribution < -0.4 is 19.8 Å². The molecule has 0 fully saturated rings. The third kappa shape index (κ3) is 5.86. The molecule has 0 aliphatic rings. The normalized spacial score (nSPS) is 11.4. The SMILES string of the molecule is C=CCOc1c(OC)cc(C=Nn2c(-c3cc(C(C)C)c(OCC)cc3C)nc3ccccc3c2=O)c(Br)c1Br. The van der Waals surface area contributed by atoms with Crippen LogP contribution in [0.25, 0.3) is 22.3 Å². The van der Waals surface area contributed by atoms with Gasteiger partial charge in [-0.2, -0.15) is 9.78 Å². The van der Waals surface area contributed by atoms with Crippen LogP contribution in [0.5, 0.6) is 17.2 Å². The minimum Gasteiger partial charge on any atom is -0.494 e. The summed E-state index contributed by atoms with van der Waals surface area (Å²) in [5.41, 5.74) is 3.76. The lowest BCUT2D eigenvalue weighted by Gasteiger charge is -2.18. The largest absolute Gasteiger partial charge is 0.494 e. The van der Waals surface area contributed by atoms with Gasteiger partial charge in [0.05, 0.1) is 35.3 Å². The van der Waals surface area contributed by atoms with Gasteiger partial charge in [-0.25, -0.2) is 4.98 Å². The van der Waals surface area contributed by atoms with Gasteiger partial charge in [-0.05, 0) is 93.1 Å². The van der Waals surface area contributed by atoms with Crippen LogP contribution in [0.4, 0.5) is 0 Å². The Morgan fingerprint density at radius 1 is 1.10 bits per heavy atom. The van der Waals surface area contributed by atoms with Crippen molar-refractivity contribution in [2.45, 2.75) is 33.6 Å². The number of benzene rings is 3. The summed E-state index contributed by atoms with van der Waals surface area (Å²) >= 11 is 7.21. The zero-order valence-corrected chi connectivity index (χ0v) is 26.3. The average Bonchev–Trinajstić information content (AvgIpc) is 2.94. The Morgan fingerprint density at radius 2 is 1.85 bits per heavy atom. The third-order valence-corrected chi connectivity index (χ3v) is 8.45. The van der Waals surface area contributed by atoms with Crippen LogP contribution in [0.3, 0.4) is 0 Å². The van der Waals surface area contributed by atoms with Crippen molar-refractivity contribution in [2.75, 3.05) is 20.3 Å². The van der Waals surface area contributed by atoms with Crippen molar-refractivity contribution in [1.29, 1.82) is 0 Å². The lowest BCUT2D eigenvalue weighted by molar-refractivity contribution is 0.324. The maximum Gasteiger partial charge on any atom is 0.282 e. The topological polar surface area (TPSA) is 74.9 Å². The lowest BCUT2D eigenvalue weighted by atomic mass is 9.96. The van der Waals surface area contributed by atoms with Crippen LogP contribution in [-0.4, -0.2) is 36.2 Å². The zero-order chi connectivity index (χ0) is 29.0. The summed E-state index contributed by atoms with van der Waals surface area (Å²) in [5.74, 6) is 2.51.